The van der Waals surface area contributed by atoms with Crippen molar-refractivity contribution in [3.63, 3.8) is 0 Å². The Morgan fingerprint density at radius 2 is 2.25 bits per heavy atom. The van der Waals surface area contributed by atoms with Crippen molar-refractivity contribution in [1.29, 1.82) is 0 Å². The average Bonchev–Trinajstić information content (AvgIpc) is 2.28. The highest BCUT2D eigenvalue weighted by molar-refractivity contribution is 5.85. The highest BCUT2D eigenvalue weighted by Crippen LogP contribution is 2.14. The van der Waals surface area contributed by atoms with Crippen LogP contribution in [0.1, 0.15) is 30.8 Å². The predicted octanol–water partition coefficient (Wildman–Crippen LogP) is 2.26. The topological polar surface area (TPSA) is 53.4 Å². The van der Waals surface area contributed by atoms with E-state index < -0.39 is 5.97 Å². The first kappa shape index (κ1) is 12.5. The first-order chi connectivity index (χ1) is 7.54. The minimum Gasteiger partial charge on any atom is -0.477 e. The summed E-state index contributed by atoms with van der Waals surface area (Å²) < 4.78 is 0. The molecule has 4 heteroatoms. The highest BCUT2D eigenvalue weighted by Gasteiger charge is 2.08. The van der Waals surface area contributed by atoms with Crippen molar-refractivity contribution in [2.45, 2.75) is 20.3 Å². The number of carbonyl (C=O) groups is 1. The molecule has 0 spiro atoms. The Bertz CT molecular complexity index is 349. The molecule has 0 fully saturated rings. The Kier molecular flexibility index (Phi) is 4.28. The molecule has 88 valence electrons. The Balaban J connectivity index is 2.70. The number of aromatic carboxylic acids is 1. The van der Waals surface area contributed by atoms with Gasteiger partial charge in [-0.15, -0.1) is 0 Å². The molecule has 1 rings (SSSR count). The monoisotopic (exact) mass is 222 g/mol. The molecule has 1 aromatic heterocycles. The van der Waals surface area contributed by atoms with Crippen molar-refractivity contribution >= 4 is 11.7 Å². The summed E-state index contributed by atoms with van der Waals surface area (Å²) in [6.07, 6.45) is 2.73. The molecule has 0 amide bonds. The van der Waals surface area contributed by atoms with Gasteiger partial charge in [-0.1, -0.05) is 20.3 Å². The minimum atomic E-state index is -0.990. The van der Waals surface area contributed by atoms with Crippen LogP contribution in [-0.2, 0) is 0 Å². The zero-order valence-corrected chi connectivity index (χ0v) is 9.97. The third-order valence-corrected chi connectivity index (χ3v) is 2.69. The van der Waals surface area contributed by atoms with Crippen molar-refractivity contribution in [2.24, 2.45) is 5.92 Å². The largest absolute Gasteiger partial charge is 0.477 e. The van der Waals surface area contributed by atoms with Gasteiger partial charge in [-0.2, -0.15) is 0 Å². The van der Waals surface area contributed by atoms with Gasteiger partial charge in [0.05, 0.1) is 11.9 Å². The number of nitrogens with zero attached hydrogens (tertiary/aromatic N) is 2. The van der Waals surface area contributed by atoms with Crippen LogP contribution in [0.3, 0.4) is 0 Å². The van der Waals surface area contributed by atoms with Crippen molar-refractivity contribution in [1.82, 2.24) is 4.98 Å². The van der Waals surface area contributed by atoms with E-state index in [0.29, 0.717) is 5.92 Å². The number of hydrogen-bond donors (Lipinski definition) is 1. The molecule has 0 saturated carbocycles. The molecule has 4 nitrogen and oxygen atoms in total. The lowest BCUT2D eigenvalue weighted by molar-refractivity contribution is 0.0690. The molecule has 0 bridgehead atoms. The van der Waals surface area contributed by atoms with Crippen molar-refractivity contribution in [2.75, 3.05) is 18.5 Å². The molecule has 0 aromatic carbocycles. The average molecular weight is 222 g/mol. The maximum atomic E-state index is 10.6. The van der Waals surface area contributed by atoms with Crippen LogP contribution in [0.4, 0.5) is 5.69 Å². The molecule has 0 saturated heterocycles. The summed E-state index contributed by atoms with van der Waals surface area (Å²) in [5.74, 6) is -0.375. The second-order valence-electron chi connectivity index (χ2n) is 4.10. The molecule has 1 aromatic rings. The summed E-state index contributed by atoms with van der Waals surface area (Å²) in [7, 11) is 1.99. The fraction of sp³-hybridized carbons (Fsp3) is 0.500. The predicted molar refractivity (Wildman–Crippen MR) is 63.9 cm³/mol. The maximum Gasteiger partial charge on any atom is 0.354 e. The van der Waals surface area contributed by atoms with E-state index in [1.807, 2.05) is 7.05 Å². The Hall–Kier alpha value is -1.58. The van der Waals surface area contributed by atoms with Gasteiger partial charge in [0.25, 0.3) is 0 Å². The zero-order valence-electron chi connectivity index (χ0n) is 9.97. The lowest BCUT2D eigenvalue weighted by atomic mass is 10.1. The van der Waals surface area contributed by atoms with Gasteiger partial charge >= 0.3 is 5.97 Å². The van der Waals surface area contributed by atoms with Gasteiger partial charge < -0.3 is 10.0 Å². The van der Waals surface area contributed by atoms with E-state index in [1.54, 1.807) is 12.3 Å². The van der Waals surface area contributed by atoms with E-state index in [2.05, 4.69) is 23.7 Å². The lowest BCUT2D eigenvalue weighted by Crippen LogP contribution is -2.23. The smallest absolute Gasteiger partial charge is 0.354 e. The second kappa shape index (κ2) is 5.49. The quantitative estimate of drug-likeness (QED) is 0.830. The molecule has 1 unspecified atom stereocenters. The molecular formula is C12H18N2O2. The number of carboxylic acids is 1. The number of hydrogen-bond acceptors (Lipinski definition) is 3. The molecule has 0 aliphatic carbocycles. The van der Waals surface area contributed by atoms with Crippen LogP contribution in [0, 0.1) is 5.92 Å². The number of aromatic nitrogens is 1. The number of anilines is 1. The fourth-order valence-corrected chi connectivity index (χ4v) is 1.44. The lowest BCUT2D eigenvalue weighted by Gasteiger charge is -2.22. The van der Waals surface area contributed by atoms with Crippen LogP contribution in [-0.4, -0.2) is 29.7 Å². The maximum absolute atomic E-state index is 10.6. The summed E-state index contributed by atoms with van der Waals surface area (Å²) in [5.41, 5.74) is 1.03. The van der Waals surface area contributed by atoms with Gasteiger partial charge in [-0.05, 0) is 18.1 Å². The summed E-state index contributed by atoms with van der Waals surface area (Å²) >= 11 is 0. The normalized spacial score (nSPS) is 12.2. The molecule has 0 aliphatic rings. The second-order valence-corrected chi connectivity index (χ2v) is 4.10. The van der Waals surface area contributed by atoms with Crippen LogP contribution in [0.2, 0.25) is 0 Å². The first-order valence-corrected chi connectivity index (χ1v) is 5.45. The van der Waals surface area contributed by atoms with Gasteiger partial charge in [0.15, 0.2) is 0 Å². The summed E-state index contributed by atoms with van der Waals surface area (Å²) in [6.45, 7) is 5.30. The minimum absolute atomic E-state index is 0.0840. The van der Waals surface area contributed by atoms with E-state index in [9.17, 15) is 4.79 Å². The standard InChI is InChI=1S/C12H18N2O2/c1-4-9(2)8-14(3)10-5-6-11(12(15)16)13-7-10/h5-7,9H,4,8H2,1-3H3,(H,15,16). The molecule has 1 N–H and O–H groups in total. The van der Waals surface area contributed by atoms with Crippen LogP contribution in [0.5, 0.6) is 0 Å². The van der Waals surface area contributed by atoms with Gasteiger partial charge in [0.2, 0.25) is 0 Å². The molecule has 1 atom stereocenters. The number of carboxylic acid groups (broad SMARTS) is 1. The molecule has 16 heavy (non-hydrogen) atoms. The van der Waals surface area contributed by atoms with Crippen LogP contribution in [0.25, 0.3) is 0 Å². The summed E-state index contributed by atoms with van der Waals surface area (Å²) in [6, 6.07) is 3.32. The van der Waals surface area contributed by atoms with E-state index in [-0.39, 0.29) is 5.69 Å². The molecular weight excluding hydrogens is 204 g/mol. The van der Waals surface area contributed by atoms with Crippen LogP contribution < -0.4 is 4.90 Å². The van der Waals surface area contributed by atoms with E-state index in [0.717, 1.165) is 18.7 Å². The van der Waals surface area contributed by atoms with Gasteiger partial charge in [-0.25, -0.2) is 9.78 Å². The Morgan fingerprint density at radius 3 is 2.69 bits per heavy atom. The molecule has 1 heterocycles. The third-order valence-electron chi connectivity index (χ3n) is 2.69. The zero-order chi connectivity index (χ0) is 12.1. The Labute approximate surface area is 95.9 Å². The number of rotatable bonds is 5. The van der Waals surface area contributed by atoms with E-state index in [4.69, 9.17) is 5.11 Å². The van der Waals surface area contributed by atoms with E-state index in [1.165, 1.54) is 6.07 Å². The van der Waals surface area contributed by atoms with Crippen molar-refractivity contribution in [3.8, 4) is 0 Å². The summed E-state index contributed by atoms with van der Waals surface area (Å²) in [5, 5.41) is 8.72. The van der Waals surface area contributed by atoms with Crippen LogP contribution >= 0.6 is 0 Å². The molecule has 0 radical (unpaired) electrons. The SMILES string of the molecule is CCC(C)CN(C)c1ccc(C(=O)O)nc1. The fourth-order valence-electron chi connectivity index (χ4n) is 1.44. The van der Waals surface area contributed by atoms with Crippen LogP contribution in [0.15, 0.2) is 18.3 Å². The number of pyridine rings is 1. The highest BCUT2D eigenvalue weighted by atomic mass is 16.4. The first-order valence-electron chi connectivity index (χ1n) is 5.45. The van der Waals surface area contributed by atoms with Crippen molar-refractivity contribution < 1.29 is 9.90 Å². The van der Waals surface area contributed by atoms with Gasteiger partial charge in [0.1, 0.15) is 5.69 Å². The van der Waals surface area contributed by atoms with E-state index >= 15 is 0 Å². The van der Waals surface area contributed by atoms with Crippen molar-refractivity contribution in [3.05, 3.63) is 24.0 Å². The van der Waals surface area contributed by atoms with Gasteiger partial charge in [-0.3, -0.25) is 0 Å². The third kappa shape index (κ3) is 3.22. The molecule has 0 aliphatic heterocycles. The van der Waals surface area contributed by atoms with Gasteiger partial charge in [0, 0.05) is 13.6 Å². The summed E-state index contributed by atoms with van der Waals surface area (Å²) in [4.78, 5) is 16.6. The Morgan fingerprint density at radius 1 is 1.56 bits per heavy atom.